The maximum atomic E-state index is 12.0. The summed E-state index contributed by atoms with van der Waals surface area (Å²) in [6.45, 7) is 3.45. The van der Waals surface area contributed by atoms with E-state index in [0.717, 1.165) is 5.56 Å². The number of rotatable bonds is 4. The molecule has 0 amide bonds. The third-order valence-corrected chi connectivity index (χ3v) is 2.73. The minimum atomic E-state index is -0.604. The number of methoxy groups -OCH3 is 1. The molecule has 1 unspecified atom stereocenters. The van der Waals surface area contributed by atoms with Crippen LogP contribution in [0.3, 0.4) is 0 Å². The van der Waals surface area contributed by atoms with Crippen LogP contribution in [-0.2, 0) is 16.0 Å². The largest absolute Gasteiger partial charge is 0.469 e. The number of hydrogen-bond acceptors (Lipinski definition) is 3. The molecular formula is C13H15ClO3. The molecule has 0 fully saturated rings. The summed E-state index contributed by atoms with van der Waals surface area (Å²) in [4.78, 5) is 23.2. The van der Waals surface area contributed by atoms with E-state index in [2.05, 4.69) is 4.74 Å². The molecule has 0 aliphatic heterocycles. The zero-order chi connectivity index (χ0) is 13.0. The lowest BCUT2D eigenvalue weighted by molar-refractivity contribution is -0.139. The smallest absolute Gasteiger partial charge is 0.310 e. The molecule has 1 aromatic rings. The van der Waals surface area contributed by atoms with Crippen LogP contribution in [0.25, 0.3) is 0 Å². The van der Waals surface area contributed by atoms with Gasteiger partial charge in [0, 0.05) is 5.56 Å². The molecule has 92 valence electrons. The van der Waals surface area contributed by atoms with Gasteiger partial charge < -0.3 is 4.74 Å². The maximum absolute atomic E-state index is 12.0. The van der Waals surface area contributed by atoms with Gasteiger partial charge in [0.15, 0.2) is 5.78 Å². The first kappa shape index (κ1) is 13.7. The number of Topliss-reactive ketones (excluding diaryl/α,β-unsaturated/α-hetero) is 1. The van der Waals surface area contributed by atoms with Crippen LogP contribution in [-0.4, -0.2) is 24.2 Å². The highest BCUT2D eigenvalue weighted by atomic mass is 35.5. The lowest BCUT2D eigenvalue weighted by Gasteiger charge is -2.12. The van der Waals surface area contributed by atoms with Gasteiger partial charge in [0.05, 0.1) is 18.9 Å². The van der Waals surface area contributed by atoms with Gasteiger partial charge in [0.1, 0.15) is 0 Å². The average Bonchev–Trinajstić information content (AvgIpc) is 2.28. The van der Waals surface area contributed by atoms with Gasteiger partial charge in [0.2, 0.25) is 0 Å². The standard InChI is InChI=1S/C13H15ClO3/c1-8-5-4-6-10(7-11(15)17-3)12(8)13(16)9(2)14/h4-6,9H,7H2,1-3H3. The van der Waals surface area contributed by atoms with Crippen LogP contribution in [0.1, 0.15) is 28.4 Å². The summed E-state index contributed by atoms with van der Waals surface area (Å²) >= 11 is 5.81. The van der Waals surface area contributed by atoms with Crippen LogP contribution in [0.4, 0.5) is 0 Å². The van der Waals surface area contributed by atoms with Crippen molar-refractivity contribution in [2.75, 3.05) is 7.11 Å². The molecule has 0 N–H and O–H groups in total. The minimum Gasteiger partial charge on any atom is -0.469 e. The second-order valence-electron chi connectivity index (χ2n) is 3.84. The highest BCUT2D eigenvalue weighted by Gasteiger charge is 2.19. The van der Waals surface area contributed by atoms with E-state index in [-0.39, 0.29) is 18.2 Å². The van der Waals surface area contributed by atoms with Gasteiger partial charge in [-0.15, -0.1) is 11.6 Å². The summed E-state index contributed by atoms with van der Waals surface area (Å²) in [6, 6.07) is 5.38. The van der Waals surface area contributed by atoms with Crippen LogP contribution < -0.4 is 0 Å². The molecule has 0 aliphatic carbocycles. The molecular weight excluding hydrogens is 240 g/mol. The molecule has 4 heteroatoms. The Labute approximate surface area is 106 Å². The summed E-state index contributed by atoms with van der Waals surface area (Å²) in [5.41, 5.74) is 2.01. The fourth-order valence-electron chi connectivity index (χ4n) is 1.65. The molecule has 0 heterocycles. The van der Waals surface area contributed by atoms with Gasteiger partial charge >= 0.3 is 5.97 Å². The number of aryl methyl sites for hydroxylation is 1. The second-order valence-corrected chi connectivity index (χ2v) is 4.50. The predicted molar refractivity (Wildman–Crippen MR) is 66.5 cm³/mol. The summed E-state index contributed by atoms with van der Waals surface area (Å²) < 4.78 is 4.61. The Balaban J connectivity index is 3.17. The van der Waals surface area contributed by atoms with E-state index in [1.807, 2.05) is 19.1 Å². The third-order valence-electron chi connectivity index (χ3n) is 2.53. The molecule has 1 aromatic carbocycles. The van der Waals surface area contributed by atoms with E-state index in [0.29, 0.717) is 11.1 Å². The first-order valence-electron chi connectivity index (χ1n) is 5.31. The number of carbonyl (C=O) groups is 2. The lowest BCUT2D eigenvalue weighted by Crippen LogP contribution is -2.17. The molecule has 3 nitrogen and oxygen atoms in total. The van der Waals surface area contributed by atoms with Crippen molar-refractivity contribution in [1.82, 2.24) is 0 Å². The first-order valence-corrected chi connectivity index (χ1v) is 5.74. The summed E-state index contributed by atoms with van der Waals surface area (Å²) in [6.07, 6.45) is 0.0862. The monoisotopic (exact) mass is 254 g/mol. The van der Waals surface area contributed by atoms with Gasteiger partial charge in [-0.3, -0.25) is 9.59 Å². The maximum Gasteiger partial charge on any atom is 0.310 e. The van der Waals surface area contributed by atoms with Crippen molar-refractivity contribution in [2.24, 2.45) is 0 Å². The van der Waals surface area contributed by atoms with Crippen molar-refractivity contribution < 1.29 is 14.3 Å². The minimum absolute atomic E-state index is 0.0862. The Morgan fingerprint density at radius 2 is 2.06 bits per heavy atom. The molecule has 0 aromatic heterocycles. The van der Waals surface area contributed by atoms with E-state index >= 15 is 0 Å². The van der Waals surface area contributed by atoms with Crippen LogP contribution in [0.15, 0.2) is 18.2 Å². The van der Waals surface area contributed by atoms with Crippen molar-refractivity contribution in [2.45, 2.75) is 25.6 Å². The Morgan fingerprint density at radius 1 is 1.41 bits per heavy atom. The Hall–Kier alpha value is -1.35. The number of esters is 1. The first-order chi connectivity index (χ1) is 7.97. The number of halogens is 1. The molecule has 1 rings (SSSR count). The van der Waals surface area contributed by atoms with Crippen LogP contribution >= 0.6 is 11.6 Å². The molecule has 0 spiro atoms. The number of ether oxygens (including phenoxy) is 1. The van der Waals surface area contributed by atoms with Crippen molar-refractivity contribution in [3.8, 4) is 0 Å². The third kappa shape index (κ3) is 3.30. The van der Waals surface area contributed by atoms with Crippen molar-refractivity contribution >= 4 is 23.4 Å². The zero-order valence-corrected chi connectivity index (χ0v) is 10.9. The number of ketones is 1. The molecule has 0 radical (unpaired) electrons. The van der Waals surface area contributed by atoms with E-state index in [1.54, 1.807) is 13.0 Å². The number of carbonyl (C=O) groups excluding carboxylic acids is 2. The molecule has 17 heavy (non-hydrogen) atoms. The highest BCUT2D eigenvalue weighted by molar-refractivity contribution is 6.34. The van der Waals surface area contributed by atoms with Gasteiger partial charge in [0.25, 0.3) is 0 Å². The lowest BCUT2D eigenvalue weighted by atomic mass is 9.95. The predicted octanol–water partition coefficient (Wildman–Crippen LogP) is 2.52. The van der Waals surface area contributed by atoms with Gasteiger partial charge in [-0.2, -0.15) is 0 Å². The normalized spacial score (nSPS) is 12.0. The molecule has 0 aliphatic rings. The van der Waals surface area contributed by atoms with Crippen LogP contribution in [0, 0.1) is 6.92 Å². The highest BCUT2D eigenvalue weighted by Crippen LogP contribution is 2.19. The number of benzene rings is 1. The van der Waals surface area contributed by atoms with Crippen molar-refractivity contribution in [3.05, 3.63) is 34.9 Å². The molecule has 1 atom stereocenters. The molecule has 0 saturated carbocycles. The second kappa shape index (κ2) is 5.82. The van der Waals surface area contributed by atoms with Gasteiger partial charge in [-0.25, -0.2) is 0 Å². The average molecular weight is 255 g/mol. The zero-order valence-electron chi connectivity index (χ0n) is 10.1. The Morgan fingerprint density at radius 3 is 2.59 bits per heavy atom. The van der Waals surface area contributed by atoms with E-state index in [9.17, 15) is 9.59 Å². The van der Waals surface area contributed by atoms with E-state index in [4.69, 9.17) is 11.6 Å². The fraction of sp³-hybridized carbons (Fsp3) is 0.385. The van der Waals surface area contributed by atoms with Crippen molar-refractivity contribution in [3.63, 3.8) is 0 Å². The number of alkyl halides is 1. The topological polar surface area (TPSA) is 43.4 Å². The van der Waals surface area contributed by atoms with Crippen molar-refractivity contribution in [1.29, 1.82) is 0 Å². The quantitative estimate of drug-likeness (QED) is 0.471. The SMILES string of the molecule is COC(=O)Cc1cccc(C)c1C(=O)C(C)Cl. The summed E-state index contributed by atoms with van der Waals surface area (Å²) in [5.74, 6) is -0.532. The Bertz CT molecular complexity index is 438. The molecule has 0 saturated heterocycles. The van der Waals surface area contributed by atoms with E-state index in [1.165, 1.54) is 7.11 Å². The Kier molecular flexibility index (Phi) is 4.70. The fourth-order valence-corrected chi connectivity index (χ4v) is 1.76. The van der Waals surface area contributed by atoms with E-state index < -0.39 is 5.38 Å². The van der Waals surface area contributed by atoms with Crippen LogP contribution in [0.2, 0.25) is 0 Å². The summed E-state index contributed by atoms with van der Waals surface area (Å²) in [7, 11) is 1.32. The van der Waals surface area contributed by atoms with Gasteiger partial charge in [-0.1, -0.05) is 18.2 Å². The van der Waals surface area contributed by atoms with Crippen LogP contribution in [0.5, 0.6) is 0 Å². The molecule has 0 bridgehead atoms. The number of hydrogen-bond donors (Lipinski definition) is 0. The summed E-state index contributed by atoms with van der Waals surface area (Å²) in [5, 5.41) is -0.604. The van der Waals surface area contributed by atoms with Gasteiger partial charge in [-0.05, 0) is 25.0 Å².